The van der Waals surface area contributed by atoms with Crippen LogP contribution in [0.2, 0.25) is 0 Å². The van der Waals surface area contributed by atoms with Crippen molar-refractivity contribution in [1.29, 1.82) is 0 Å². The number of rotatable bonds is 10. The van der Waals surface area contributed by atoms with Gasteiger partial charge in [-0.05, 0) is 6.42 Å². The van der Waals surface area contributed by atoms with Crippen LogP contribution in [0.15, 0.2) is 0 Å². The van der Waals surface area contributed by atoms with Crippen LogP contribution in [0, 0.1) is 0 Å². The van der Waals surface area contributed by atoms with Gasteiger partial charge in [0.1, 0.15) is 0 Å². The fraction of sp³-hybridized carbons (Fsp3) is 0.917. The van der Waals surface area contributed by atoms with Crippen molar-refractivity contribution < 1.29 is 15.0 Å². The second-order valence-electron chi connectivity index (χ2n) is 4.10. The molecule has 0 rings (SSSR count). The molecule has 0 aliphatic heterocycles. The molecule has 0 aromatic carbocycles. The number of aliphatic hydroxyl groups is 1. The van der Waals surface area contributed by atoms with Crippen LogP contribution in [0.5, 0.6) is 0 Å². The molecule has 0 fully saturated rings. The van der Waals surface area contributed by atoms with E-state index in [0.717, 1.165) is 19.3 Å². The topological polar surface area (TPSA) is 57.2 Å². The maximum Gasteiger partial charge on any atom is 0.383 e. The third-order valence-corrected chi connectivity index (χ3v) is 2.60. The summed E-state index contributed by atoms with van der Waals surface area (Å²) in [6.45, 7) is 2.20. The van der Waals surface area contributed by atoms with Gasteiger partial charge in [-0.2, -0.15) is 0 Å². The van der Waals surface area contributed by atoms with Gasteiger partial charge in [-0.1, -0.05) is 58.3 Å². The standard InChI is InChI=1S/C12H23O3/c1-2-3-4-5-6-7-8-9-10-11(13)12(14)15/h11,13H,2-10H2,1H3. The summed E-state index contributed by atoms with van der Waals surface area (Å²) in [5.41, 5.74) is 0. The van der Waals surface area contributed by atoms with Crippen LogP contribution in [0.4, 0.5) is 0 Å². The first kappa shape index (κ1) is 14.4. The zero-order valence-corrected chi connectivity index (χ0v) is 9.71. The van der Waals surface area contributed by atoms with Crippen molar-refractivity contribution in [1.82, 2.24) is 0 Å². The molecule has 0 saturated carbocycles. The third-order valence-electron chi connectivity index (χ3n) is 2.60. The summed E-state index contributed by atoms with van der Waals surface area (Å²) in [5, 5.41) is 19.1. The molecule has 0 aromatic heterocycles. The first-order chi connectivity index (χ1) is 7.18. The van der Waals surface area contributed by atoms with Crippen molar-refractivity contribution >= 4 is 5.97 Å². The number of hydrogen-bond donors (Lipinski definition) is 1. The second kappa shape index (κ2) is 9.97. The molecule has 1 atom stereocenters. The summed E-state index contributed by atoms with van der Waals surface area (Å²) in [6, 6.07) is 0. The van der Waals surface area contributed by atoms with E-state index in [4.69, 9.17) is 5.11 Å². The number of unbranched alkanes of at least 4 members (excludes halogenated alkanes) is 7. The average Bonchev–Trinajstić information content (AvgIpc) is 2.21. The molecule has 0 spiro atoms. The molecule has 0 aromatic rings. The first-order valence-corrected chi connectivity index (χ1v) is 6.07. The minimum Gasteiger partial charge on any atom is -0.381 e. The molecule has 3 nitrogen and oxygen atoms in total. The van der Waals surface area contributed by atoms with Gasteiger partial charge in [-0.3, -0.25) is 0 Å². The Bertz CT molecular complexity index is 157. The molecule has 15 heavy (non-hydrogen) atoms. The minimum absolute atomic E-state index is 0.331. The molecule has 3 heteroatoms. The van der Waals surface area contributed by atoms with Gasteiger partial charge in [0.15, 0.2) is 6.10 Å². The Labute approximate surface area is 92.5 Å². The Balaban J connectivity index is 3.08. The highest BCUT2D eigenvalue weighted by Crippen LogP contribution is 2.10. The van der Waals surface area contributed by atoms with E-state index < -0.39 is 12.1 Å². The Morgan fingerprint density at radius 3 is 1.93 bits per heavy atom. The molecule has 0 saturated heterocycles. The fourth-order valence-electron chi connectivity index (χ4n) is 1.59. The van der Waals surface area contributed by atoms with Crippen LogP contribution >= 0.6 is 0 Å². The zero-order valence-electron chi connectivity index (χ0n) is 9.71. The van der Waals surface area contributed by atoms with Crippen molar-refractivity contribution in [3.8, 4) is 0 Å². The molecular weight excluding hydrogens is 192 g/mol. The van der Waals surface area contributed by atoms with Gasteiger partial charge < -0.3 is 5.11 Å². The molecule has 1 unspecified atom stereocenters. The second-order valence-corrected chi connectivity index (χ2v) is 4.10. The summed E-state index contributed by atoms with van der Waals surface area (Å²) >= 11 is 0. The van der Waals surface area contributed by atoms with E-state index in [1.54, 1.807) is 0 Å². The predicted molar refractivity (Wildman–Crippen MR) is 58.9 cm³/mol. The largest absolute Gasteiger partial charge is 0.383 e. The maximum atomic E-state index is 10.2. The smallest absolute Gasteiger partial charge is 0.381 e. The SMILES string of the molecule is CCCCCCCCCCC(O)C([O])=O. The van der Waals surface area contributed by atoms with Crippen molar-refractivity contribution in [3.63, 3.8) is 0 Å². The van der Waals surface area contributed by atoms with Crippen LogP contribution < -0.4 is 0 Å². The average molecular weight is 215 g/mol. The maximum absolute atomic E-state index is 10.2. The summed E-state index contributed by atoms with van der Waals surface area (Å²) in [4.78, 5) is 10.2. The van der Waals surface area contributed by atoms with Crippen LogP contribution in [0.25, 0.3) is 0 Å². The summed E-state index contributed by atoms with van der Waals surface area (Å²) in [5.74, 6) is -1.35. The quantitative estimate of drug-likeness (QED) is 0.570. The van der Waals surface area contributed by atoms with Gasteiger partial charge in [0.2, 0.25) is 0 Å². The lowest BCUT2D eigenvalue weighted by atomic mass is 10.1. The normalized spacial score (nSPS) is 12.7. The highest BCUT2D eigenvalue weighted by atomic mass is 16.4. The van der Waals surface area contributed by atoms with Crippen molar-refractivity contribution in [2.24, 2.45) is 0 Å². The fourth-order valence-corrected chi connectivity index (χ4v) is 1.59. The molecular formula is C12H23O3. The molecule has 0 heterocycles. The predicted octanol–water partition coefficient (Wildman–Crippen LogP) is 2.84. The van der Waals surface area contributed by atoms with E-state index in [-0.39, 0.29) is 0 Å². The van der Waals surface area contributed by atoms with Crippen LogP contribution in [0.1, 0.15) is 64.7 Å². The lowest BCUT2D eigenvalue weighted by Gasteiger charge is -2.03. The van der Waals surface area contributed by atoms with Gasteiger partial charge >= 0.3 is 5.97 Å². The van der Waals surface area contributed by atoms with E-state index in [1.165, 1.54) is 32.1 Å². The lowest BCUT2D eigenvalue weighted by molar-refractivity contribution is -0.153. The Morgan fingerprint density at radius 2 is 1.47 bits per heavy atom. The van der Waals surface area contributed by atoms with E-state index in [2.05, 4.69) is 6.92 Å². The number of aliphatic hydroxyl groups excluding tert-OH is 1. The van der Waals surface area contributed by atoms with Gasteiger partial charge in [0, 0.05) is 0 Å². The number of carbonyl (C=O) groups excluding carboxylic acids is 1. The van der Waals surface area contributed by atoms with Crippen LogP contribution in [-0.4, -0.2) is 17.2 Å². The van der Waals surface area contributed by atoms with Crippen LogP contribution in [0.3, 0.4) is 0 Å². The molecule has 1 radical (unpaired) electrons. The molecule has 1 N–H and O–H groups in total. The molecule has 0 amide bonds. The summed E-state index contributed by atoms with van der Waals surface area (Å²) in [7, 11) is 0. The summed E-state index contributed by atoms with van der Waals surface area (Å²) in [6.07, 6.45) is 8.36. The number of carbonyl (C=O) groups is 1. The van der Waals surface area contributed by atoms with Crippen molar-refractivity contribution in [2.75, 3.05) is 0 Å². The highest BCUT2D eigenvalue weighted by molar-refractivity contribution is 5.71. The van der Waals surface area contributed by atoms with E-state index >= 15 is 0 Å². The molecule has 89 valence electrons. The number of hydrogen-bond acceptors (Lipinski definition) is 2. The Kier molecular flexibility index (Phi) is 9.59. The molecule has 0 bridgehead atoms. The summed E-state index contributed by atoms with van der Waals surface area (Å²) < 4.78 is 0. The van der Waals surface area contributed by atoms with E-state index in [0.29, 0.717) is 6.42 Å². The lowest BCUT2D eigenvalue weighted by Crippen LogP contribution is -2.17. The minimum atomic E-state index is -1.35. The Morgan fingerprint density at radius 1 is 1.00 bits per heavy atom. The first-order valence-electron chi connectivity index (χ1n) is 6.07. The van der Waals surface area contributed by atoms with Gasteiger partial charge in [0.05, 0.1) is 0 Å². The van der Waals surface area contributed by atoms with Crippen molar-refractivity contribution in [2.45, 2.75) is 70.8 Å². The van der Waals surface area contributed by atoms with E-state index in [1.807, 2.05) is 0 Å². The van der Waals surface area contributed by atoms with Crippen molar-refractivity contribution in [3.05, 3.63) is 0 Å². The van der Waals surface area contributed by atoms with Gasteiger partial charge in [-0.25, -0.2) is 9.90 Å². The molecule has 0 aliphatic rings. The molecule has 0 aliphatic carbocycles. The van der Waals surface area contributed by atoms with Crippen LogP contribution in [-0.2, 0) is 9.90 Å². The van der Waals surface area contributed by atoms with Gasteiger partial charge in [-0.15, -0.1) is 0 Å². The Hall–Kier alpha value is -0.570. The zero-order chi connectivity index (χ0) is 11.5. The third kappa shape index (κ3) is 9.73. The van der Waals surface area contributed by atoms with Gasteiger partial charge in [0.25, 0.3) is 0 Å². The monoisotopic (exact) mass is 215 g/mol. The highest BCUT2D eigenvalue weighted by Gasteiger charge is 2.13. The van der Waals surface area contributed by atoms with E-state index in [9.17, 15) is 9.90 Å².